The molecule has 0 amide bonds. The topological polar surface area (TPSA) is 81.5 Å². The minimum Gasteiger partial charge on any atom is -0.493 e. The highest BCUT2D eigenvalue weighted by atomic mass is 35.5. The number of thioether (sulfide) groups is 1. The molecule has 0 aliphatic carbocycles. The Balaban J connectivity index is 1.53. The number of fused-ring (bicyclic) bond motifs is 1. The van der Waals surface area contributed by atoms with E-state index in [1.54, 1.807) is 23.8 Å². The van der Waals surface area contributed by atoms with Crippen LogP contribution < -0.4 is 15.0 Å². The van der Waals surface area contributed by atoms with Gasteiger partial charge in [0.15, 0.2) is 28.1 Å². The van der Waals surface area contributed by atoms with Crippen LogP contribution in [0.15, 0.2) is 58.5 Å². The van der Waals surface area contributed by atoms with Crippen molar-refractivity contribution in [3.63, 3.8) is 0 Å². The Morgan fingerprint density at radius 2 is 1.90 bits per heavy atom. The summed E-state index contributed by atoms with van der Waals surface area (Å²) in [7, 11) is 1.62. The smallest absolute Gasteiger partial charge is 0.266 e. The van der Waals surface area contributed by atoms with Crippen LogP contribution in [0.2, 0.25) is 5.02 Å². The van der Waals surface area contributed by atoms with Crippen LogP contribution in [0.4, 0.5) is 0 Å². The molecule has 9 heteroatoms. The quantitative estimate of drug-likeness (QED) is 0.341. The number of aryl methyl sites for hydroxylation is 1. The molecule has 0 aliphatic heterocycles. The summed E-state index contributed by atoms with van der Waals surface area (Å²) in [5.74, 6) is 2.52. The second-order valence-electron chi connectivity index (χ2n) is 6.50. The largest absolute Gasteiger partial charge is 0.493 e. The zero-order valence-corrected chi connectivity index (χ0v) is 18.0. The summed E-state index contributed by atoms with van der Waals surface area (Å²) in [5.41, 5.74) is 2.19. The first-order chi connectivity index (χ1) is 14.5. The summed E-state index contributed by atoms with van der Waals surface area (Å²) >= 11 is 7.44. The Morgan fingerprint density at radius 3 is 2.67 bits per heavy atom. The van der Waals surface area contributed by atoms with Gasteiger partial charge in [0, 0.05) is 22.4 Å². The summed E-state index contributed by atoms with van der Waals surface area (Å²) in [6.45, 7) is 2.44. The summed E-state index contributed by atoms with van der Waals surface area (Å²) < 4.78 is 12.8. The molecule has 4 rings (SSSR count). The molecule has 4 aromatic rings. The van der Waals surface area contributed by atoms with Gasteiger partial charge in [0.25, 0.3) is 5.56 Å². The molecule has 2 aromatic heterocycles. The Hall–Kier alpha value is -2.97. The van der Waals surface area contributed by atoms with Crippen LogP contribution in [0.3, 0.4) is 0 Å². The molecule has 1 N–H and O–H groups in total. The van der Waals surface area contributed by atoms with Crippen LogP contribution in [0.5, 0.6) is 11.5 Å². The molecule has 0 radical (unpaired) electrons. The third kappa shape index (κ3) is 4.44. The number of H-pyrrole nitrogens is 1. The predicted octanol–water partition coefficient (Wildman–Crippen LogP) is 4.23. The predicted molar refractivity (Wildman–Crippen MR) is 118 cm³/mol. The van der Waals surface area contributed by atoms with E-state index in [1.807, 2.05) is 37.3 Å². The standard InChI is InChI=1S/C21H19ClN4O3S/c1-13-3-8-16(17(11-13)28-2)29-9-10-30-21-24-20(14-4-6-15(22)7-5-14)23-18-12-19(27)25-26(18)21/h3-8,11-12H,9-10H2,1-2H3,(H,25,27). The van der Waals surface area contributed by atoms with Gasteiger partial charge in [0.2, 0.25) is 0 Å². The van der Waals surface area contributed by atoms with Crippen LogP contribution in [-0.4, -0.2) is 39.1 Å². The lowest BCUT2D eigenvalue weighted by molar-refractivity contribution is 0.313. The van der Waals surface area contributed by atoms with Gasteiger partial charge in [-0.15, -0.1) is 0 Å². The lowest BCUT2D eigenvalue weighted by Crippen LogP contribution is -2.07. The number of methoxy groups -OCH3 is 1. The van der Waals surface area contributed by atoms with Gasteiger partial charge < -0.3 is 9.47 Å². The molecule has 30 heavy (non-hydrogen) atoms. The van der Waals surface area contributed by atoms with Crippen molar-refractivity contribution in [2.24, 2.45) is 0 Å². The van der Waals surface area contributed by atoms with E-state index in [-0.39, 0.29) is 5.56 Å². The Bertz CT molecular complexity index is 1240. The van der Waals surface area contributed by atoms with E-state index in [4.69, 9.17) is 21.1 Å². The number of nitrogens with zero attached hydrogens (tertiary/aromatic N) is 3. The molecular weight excluding hydrogens is 424 g/mol. The number of benzene rings is 2. The minimum atomic E-state index is -0.236. The number of hydrogen-bond acceptors (Lipinski definition) is 6. The first-order valence-electron chi connectivity index (χ1n) is 9.19. The second-order valence-corrected chi connectivity index (χ2v) is 8.00. The van der Waals surface area contributed by atoms with Gasteiger partial charge in [-0.1, -0.05) is 29.4 Å². The average molecular weight is 443 g/mol. The normalized spacial score (nSPS) is 11.0. The van der Waals surface area contributed by atoms with E-state index in [9.17, 15) is 4.79 Å². The van der Waals surface area contributed by atoms with Gasteiger partial charge in [-0.2, -0.15) is 0 Å². The van der Waals surface area contributed by atoms with Crippen molar-refractivity contribution in [3.8, 4) is 22.9 Å². The lowest BCUT2D eigenvalue weighted by Gasteiger charge is -2.11. The molecule has 0 saturated carbocycles. The highest BCUT2D eigenvalue weighted by Gasteiger charge is 2.12. The number of aromatic nitrogens is 4. The third-order valence-electron chi connectivity index (χ3n) is 4.32. The first-order valence-corrected chi connectivity index (χ1v) is 10.6. The summed E-state index contributed by atoms with van der Waals surface area (Å²) in [5, 5.41) is 3.98. The lowest BCUT2D eigenvalue weighted by atomic mass is 10.2. The van der Waals surface area contributed by atoms with Gasteiger partial charge in [0.05, 0.1) is 13.7 Å². The number of nitrogens with one attached hydrogen (secondary N) is 1. The molecule has 0 fully saturated rings. The summed E-state index contributed by atoms with van der Waals surface area (Å²) in [6.07, 6.45) is 0. The maximum atomic E-state index is 11.8. The fourth-order valence-corrected chi connectivity index (χ4v) is 3.78. The number of rotatable bonds is 7. The van der Waals surface area contributed by atoms with Gasteiger partial charge in [0.1, 0.15) is 0 Å². The SMILES string of the molecule is COc1cc(C)ccc1OCCSc1nc(-c2ccc(Cl)cc2)nc2cc(=O)[nH]n12. The Morgan fingerprint density at radius 1 is 1.10 bits per heavy atom. The molecule has 2 heterocycles. The van der Waals surface area contributed by atoms with Crippen molar-refractivity contribution in [1.29, 1.82) is 0 Å². The zero-order valence-electron chi connectivity index (χ0n) is 16.4. The van der Waals surface area contributed by atoms with E-state index in [1.165, 1.54) is 17.8 Å². The van der Waals surface area contributed by atoms with Crippen molar-refractivity contribution in [3.05, 3.63) is 69.5 Å². The molecule has 0 spiro atoms. The van der Waals surface area contributed by atoms with Gasteiger partial charge >= 0.3 is 0 Å². The Kier molecular flexibility index (Phi) is 5.96. The van der Waals surface area contributed by atoms with E-state index in [0.717, 1.165) is 11.1 Å². The van der Waals surface area contributed by atoms with E-state index in [0.29, 0.717) is 45.5 Å². The van der Waals surface area contributed by atoms with Crippen LogP contribution >= 0.6 is 23.4 Å². The van der Waals surface area contributed by atoms with E-state index >= 15 is 0 Å². The fourth-order valence-electron chi connectivity index (χ4n) is 2.89. The van der Waals surface area contributed by atoms with E-state index in [2.05, 4.69) is 15.1 Å². The summed E-state index contributed by atoms with van der Waals surface area (Å²) in [6, 6.07) is 14.5. The molecule has 7 nitrogen and oxygen atoms in total. The minimum absolute atomic E-state index is 0.236. The molecule has 2 aromatic carbocycles. The molecule has 0 atom stereocenters. The summed E-state index contributed by atoms with van der Waals surface area (Å²) in [4.78, 5) is 20.9. The molecule has 154 valence electrons. The van der Waals surface area contributed by atoms with Crippen LogP contribution in [0.25, 0.3) is 17.0 Å². The molecule has 0 bridgehead atoms. The van der Waals surface area contributed by atoms with Crippen molar-refractivity contribution < 1.29 is 9.47 Å². The van der Waals surface area contributed by atoms with Crippen molar-refractivity contribution in [2.45, 2.75) is 12.1 Å². The Labute approximate surface area is 182 Å². The van der Waals surface area contributed by atoms with Crippen LogP contribution in [-0.2, 0) is 0 Å². The number of ether oxygens (including phenoxy) is 2. The van der Waals surface area contributed by atoms with E-state index < -0.39 is 0 Å². The molecule has 0 aliphatic rings. The van der Waals surface area contributed by atoms with Gasteiger partial charge in [-0.05, 0) is 48.9 Å². The fraction of sp³-hybridized carbons (Fsp3) is 0.190. The molecule has 0 unspecified atom stereocenters. The maximum Gasteiger partial charge on any atom is 0.266 e. The highest BCUT2D eigenvalue weighted by Crippen LogP contribution is 2.28. The maximum absolute atomic E-state index is 11.8. The van der Waals surface area contributed by atoms with Crippen molar-refractivity contribution >= 4 is 29.0 Å². The highest BCUT2D eigenvalue weighted by molar-refractivity contribution is 7.99. The monoisotopic (exact) mass is 442 g/mol. The number of halogens is 1. The van der Waals surface area contributed by atoms with Gasteiger partial charge in [-0.25, -0.2) is 14.5 Å². The average Bonchev–Trinajstić information content (AvgIpc) is 3.12. The first kappa shape index (κ1) is 20.3. The van der Waals surface area contributed by atoms with Gasteiger partial charge in [-0.3, -0.25) is 9.89 Å². The zero-order chi connectivity index (χ0) is 21.1. The number of aromatic amines is 1. The number of hydrogen-bond donors (Lipinski definition) is 1. The third-order valence-corrected chi connectivity index (χ3v) is 5.47. The second kappa shape index (κ2) is 8.81. The van der Waals surface area contributed by atoms with Crippen molar-refractivity contribution in [2.75, 3.05) is 19.5 Å². The van der Waals surface area contributed by atoms with Crippen molar-refractivity contribution in [1.82, 2.24) is 19.6 Å². The van der Waals surface area contributed by atoms with Crippen LogP contribution in [0, 0.1) is 6.92 Å². The molecular formula is C21H19ClN4O3S. The molecule has 0 saturated heterocycles. The van der Waals surface area contributed by atoms with Crippen LogP contribution in [0.1, 0.15) is 5.56 Å².